The van der Waals surface area contributed by atoms with Crippen molar-refractivity contribution in [3.63, 3.8) is 0 Å². The molecule has 0 aliphatic rings. The largest absolute Gasteiger partial charge is 0.449 e. The Bertz CT molecular complexity index is 1010. The molecule has 30 heavy (non-hydrogen) atoms. The third kappa shape index (κ3) is 6.82. The minimum absolute atomic E-state index is 0.191. The molecular weight excluding hydrogens is 413 g/mol. The molecule has 8 nitrogen and oxygen atoms in total. The van der Waals surface area contributed by atoms with Gasteiger partial charge in [0.15, 0.2) is 0 Å². The van der Waals surface area contributed by atoms with Crippen LogP contribution in [0.5, 0.6) is 0 Å². The SMILES string of the molecule is CC(C)COC(=O)Nc1cccc(NC(=O)[C@H](C)NS(=O)(=O)c2ccccc2F)c1. The Morgan fingerprint density at radius 1 is 1.00 bits per heavy atom. The van der Waals surface area contributed by atoms with Gasteiger partial charge in [0.25, 0.3) is 0 Å². The second kappa shape index (κ2) is 10.2. The van der Waals surface area contributed by atoms with Crippen LogP contribution in [-0.4, -0.2) is 33.1 Å². The van der Waals surface area contributed by atoms with Crippen molar-refractivity contribution in [1.29, 1.82) is 0 Å². The third-order valence-corrected chi connectivity index (χ3v) is 5.35. The van der Waals surface area contributed by atoms with E-state index in [4.69, 9.17) is 4.74 Å². The quantitative estimate of drug-likeness (QED) is 0.586. The van der Waals surface area contributed by atoms with Gasteiger partial charge in [-0.1, -0.05) is 32.0 Å². The van der Waals surface area contributed by atoms with Crippen LogP contribution in [0.25, 0.3) is 0 Å². The number of amides is 2. The molecule has 162 valence electrons. The number of hydrogen-bond acceptors (Lipinski definition) is 5. The molecular formula is C20H24FN3O5S. The molecule has 1 atom stereocenters. The molecule has 0 aromatic heterocycles. The summed E-state index contributed by atoms with van der Waals surface area (Å²) in [5, 5.41) is 5.08. The number of benzene rings is 2. The summed E-state index contributed by atoms with van der Waals surface area (Å²) >= 11 is 0. The number of nitrogens with one attached hydrogen (secondary N) is 3. The smallest absolute Gasteiger partial charge is 0.411 e. The zero-order valence-electron chi connectivity index (χ0n) is 16.8. The maximum absolute atomic E-state index is 13.8. The molecule has 2 aromatic rings. The van der Waals surface area contributed by atoms with Crippen LogP contribution in [0.1, 0.15) is 20.8 Å². The van der Waals surface area contributed by atoms with Gasteiger partial charge in [0.05, 0.1) is 12.6 Å². The predicted molar refractivity (Wildman–Crippen MR) is 111 cm³/mol. The number of rotatable bonds is 8. The summed E-state index contributed by atoms with van der Waals surface area (Å²) in [5.74, 6) is -1.38. The number of carbonyl (C=O) groups excluding carboxylic acids is 2. The van der Waals surface area contributed by atoms with Crippen molar-refractivity contribution in [3.05, 3.63) is 54.3 Å². The van der Waals surface area contributed by atoms with Crippen molar-refractivity contribution in [3.8, 4) is 0 Å². The van der Waals surface area contributed by atoms with Crippen molar-refractivity contribution in [2.24, 2.45) is 5.92 Å². The van der Waals surface area contributed by atoms with E-state index in [-0.39, 0.29) is 12.5 Å². The first-order valence-electron chi connectivity index (χ1n) is 9.20. The van der Waals surface area contributed by atoms with Crippen molar-refractivity contribution in [1.82, 2.24) is 4.72 Å². The Hall–Kier alpha value is -2.98. The van der Waals surface area contributed by atoms with Gasteiger partial charge in [0.1, 0.15) is 10.7 Å². The molecule has 0 aliphatic heterocycles. The van der Waals surface area contributed by atoms with E-state index in [0.717, 1.165) is 12.1 Å². The Balaban J connectivity index is 2.00. The molecule has 0 spiro atoms. The number of ether oxygens (including phenoxy) is 1. The average molecular weight is 437 g/mol. The van der Waals surface area contributed by atoms with Gasteiger partial charge >= 0.3 is 6.09 Å². The van der Waals surface area contributed by atoms with Gasteiger partial charge < -0.3 is 10.1 Å². The van der Waals surface area contributed by atoms with Gasteiger partial charge in [-0.3, -0.25) is 10.1 Å². The number of sulfonamides is 1. The summed E-state index contributed by atoms with van der Waals surface area (Å²) in [5.41, 5.74) is 0.722. The lowest BCUT2D eigenvalue weighted by Crippen LogP contribution is -2.41. The standard InChI is InChI=1S/C20H24FN3O5S/c1-13(2)12-29-20(26)23-16-8-6-7-15(11-16)22-19(25)14(3)24-30(27,28)18-10-5-4-9-17(18)21/h4-11,13-14,24H,12H2,1-3H3,(H,22,25)(H,23,26)/t14-/m0/s1. The van der Waals surface area contributed by atoms with Crippen molar-refractivity contribution < 1.29 is 27.1 Å². The fourth-order valence-electron chi connectivity index (χ4n) is 2.33. The predicted octanol–water partition coefficient (Wildman–Crippen LogP) is 3.34. The minimum Gasteiger partial charge on any atom is -0.449 e. The summed E-state index contributed by atoms with van der Waals surface area (Å²) in [6.45, 7) is 5.41. The molecule has 2 amide bonds. The Kier molecular flexibility index (Phi) is 7.90. The topological polar surface area (TPSA) is 114 Å². The van der Waals surface area contributed by atoms with E-state index < -0.39 is 38.8 Å². The van der Waals surface area contributed by atoms with Crippen LogP contribution < -0.4 is 15.4 Å². The zero-order chi connectivity index (χ0) is 22.3. The minimum atomic E-state index is -4.22. The molecule has 0 aliphatic carbocycles. The van der Waals surface area contributed by atoms with Gasteiger partial charge in [-0.05, 0) is 43.2 Å². The van der Waals surface area contributed by atoms with E-state index in [1.54, 1.807) is 18.2 Å². The maximum atomic E-state index is 13.8. The normalized spacial score (nSPS) is 12.3. The Labute approximate surface area is 174 Å². The molecule has 3 N–H and O–H groups in total. The van der Waals surface area contributed by atoms with Crippen LogP contribution >= 0.6 is 0 Å². The molecule has 0 heterocycles. The first-order valence-corrected chi connectivity index (χ1v) is 10.7. The molecule has 2 aromatic carbocycles. The van der Waals surface area contributed by atoms with Crippen LogP contribution in [0.4, 0.5) is 20.6 Å². The van der Waals surface area contributed by atoms with Gasteiger partial charge in [-0.15, -0.1) is 0 Å². The summed E-state index contributed by atoms with van der Waals surface area (Å²) < 4.78 is 45.6. The lowest BCUT2D eigenvalue weighted by atomic mass is 10.2. The Morgan fingerprint density at radius 3 is 2.27 bits per heavy atom. The second-order valence-corrected chi connectivity index (χ2v) is 8.64. The van der Waals surface area contributed by atoms with Gasteiger partial charge in [0, 0.05) is 11.4 Å². The van der Waals surface area contributed by atoms with E-state index in [1.165, 1.54) is 25.1 Å². The lowest BCUT2D eigenvalue weighted by molar-refractivity contribution is -0.117. The Morgan fingerprint density at radius 2 is 1.63 bits per heavy atom. The number of hydrogen-bond donors (Lipinski definition) is 3. The van der Waals surface area contributed by atoms with E-state index >= 15 is 0 Å². The highest BCUT2D eigenvalue weighted by Crippen LogP contribution is 2.17. The van der Waals surface area contributed by atoms with Crippen LogP contribution in [0.2, 0.25) is 0 Å². The highest BCUT2D eigenvalue weighted by Gasteiger charge is 2.24. The summed E-state index contributed by atoms with van der Waals surface area (Å²) in [6, 6.07) is 9.96. The molecule has 0 saturated carbocycles. The molecule has 0 saturated heterocycles. The second-order valence-electron chi connectivity index (χ2n) is 6.96. The first-order chi connectivity index (χ1) is 14.1. The fourth-order valence-corrected chi connectivity index (χ4v) is 3.62. The van der Waals surface area contributed by atoms with Gasteiger partial charge in [-0.25, -0.2) is 17.6 Å². The lowest BCUT2D eigenvalue weighted by Gasteiger charge is -2.15. The molecule has 10 heteroatoms. The van der Waals surface area contributed by atoms with E-state index in [1.807, 2.05) is 13.8 Å². The van der Waals surface area contributed by atoms with Gasteiger partial charge in [0.2, 0.25) is 15.9 Å². The summed E-state index contributed by atoms with van der Waals surface area (Å²) in [7, 11) is -4.22. The van der Waals surface area contributed by atoms with Crippen LogP contribution in [0.3, 0.4) is 0 Å². The number of anilines is 2. The summed E-state index contributed by atoms with van der Waals surface area (Å²) in [6.07, 6.45) is -0.627. The highest BCUT2D eigenvalue weighted by atomic mass is 32.2. The average Bonchev–Trinajstić information content (AvgIpc) is 2.66. The molecule has 0 fully saturated rings. The highest BCUT2D eigenvalue weighted by molar-refractivity contribution is 7.89. The molecule has 0 bridgehead atoms. The summed E-state index contributed by atoms with van der Waals surface area (Å²) in [4.78, 5) is 23.6. The third-order valence-electron chi connectivity index (χ3n) is 3.78. The molecule has 0 radical (unpaired) electrons. The monoisotopic (exact) mass is 437 g/mol. The van der Waals surface area contributed by atoms with Crippen LogP contribution in [-0.2, 0) is 19.6 Å². The fraction of sp³-hybridized carbons (Fsp3) is 0.300. The maximum Gasteiger partial charge on any atom is 0.411 e. The van der Waals surface area contributed by atoms with Crippen molar-refractivity contribution in [2.45, 2.75) is 31.7 Å². The van der Waals surface area contributed by atoms with Gasteiger partial charge in [-0.2, -0.15) is 4.72 Å². The van der Waals surface area contributed by atoms with E-state index in [0.29, 0.717) is 11.4 Å². The van der Waals surface area contributed by atoms with E-state index in [2.05, 4.69) is 15.4 Å². The van der Waals surface area contributed by atoms with Crippen LogP contribution in [0, 0.1) is 11.7 Å². The first kappa shape index (κ1) is 23.3. The molecule has 0 unspecified atom stereocenters. The van der Waals surface area contributed by atoms with Crippen LogP contribution in [0.15, 0.2) is 53.4 Å². The number of halogens is 1. The van der Waals surface area contributed by atoms with Crippen molar-refractivity contribution >= 4 is 33.4 Å². The van der Waals surface area contributed by atoms with E-state index in [9.17, 15) is 22.4 Å². The number of carbonyl (C=O) groups is 2. The molecule has 2 rings (SSSR count). The zero-order valence-corrected chi connectivity index (χ0v) is 17.6. The van der Waals surface area contributed by atoms with Crippen molar-refractivity contribution in [2.75, 3.05) is 17.2 Å².